The number of hydrogen-bond acceptors (Lipinski definition) is 6. The number of allylic oxidation sites excluding steroid dienone is 2. The summed E-state index contributed by atoms with van der Waals surface area (Å²) in [6.45, 7) is 3.90. The van der Waals surface area contributed by atoms with E-state index in [1.807, 2.05) is 46.3 Å². The summed E-state index contributed by atoms with van der Waals surface area (Å²) in [7, 11) is 11.4. The van der Waals surface area contributed by atoms with Gasteiger partial charge >= 0.3 is 5.69 Å². The maximum absolute atomic E-state index is 11.9. The molecular weight excluding hydrogens is 442 g/mol. The number of nitrogens with zero attached hydrogens (tertiary/aromatic N) is 6. The van der Waals surface area contributed by atoms with Gasteiger partial charge < -0.3 is 15.1 Å². The van der Waals surface area contributed by atoms with E-state index in [0.29, 0.717) is 0 Å². The highest BCUT2D eigenvalue weighted by Crippen LogP contribution is 2.24. The summed E-state index contributed by atoms with van der Waals surface area (Å²) in [4.78, 5) is 36.5. The average Bonchev–Trinajstić information content (AvgIpc) is 3.09. The molecule has 9 nitrogen and oxygen atoms in total. The van der Waals surface area contributed by atoms with E-state index in [-0.39, 0.29) is 17.5 Å². The van der Waals surface area contributed by atoms with E-state index in [1.165, 1.54) is 19.3 Å². The highest BCUT2D eigenvalue weighted by Gasteiger charge is 2.21. The summed E-state index contributed by atoms with van der Waals surface area (Å²) in [5.74, 6) is 1.30. The molecule has 1 saturated carbocycles. The molecule has 1 amide bonds. The molecule has 0 spiro atoms. The van der Waals surface area contributed by atoms with Gasteiger partial charge in [0.1, 0.15) is 5.82 Å². The molecule has 194 valence electrons. The summed E-state index contributed by atoms with van der Waals surface area (Å²) in [5, 5.41) is 3.00. The molecule has 1 N–H and O–H groups in total. The van der Waals surface area contributed by atoms with Crippen molar-refractivity contribution in [3.63, 3.8) is 0 Å². The molecule has 35 heavy (non-hydrogen) atoms. The van der Waals surface area contributed by atoms with Crippen molar-refractivity contribution in [2.75, 3.05) is 46.2 Å². The standard InChI is InChI=1S/C13H21N5O.C13H22N2O/c1-15(2)8-9-16(3)11-7-6-10-12(14-11)18(5)13(19)17(10)4;1-3-12(9-10-14-2)15-13(16)11-7-5-4-6-8-11/h6-7H,8-9H2,1-5H3;9-11H,3-8H2,1-2H3,(H,15,16)/b;12-9+,14-10?. The minimum atomic E-state index is -0.0457. The predicted molar refractivity (Wildman–Crippen MR) is 145 cm³/mol. The molecule has 2 aromatic heterocycles. The number of carbonyl (C=O) groups is 1. The highest BCUT2D eigenvalue weighted by molar-refractivity contribution is 5.82. The molecule has 0 aliphatic heterocycles. The Morgan fingerprint density at radius 2 is 1.83 bits per heavy atom. The lowest BCUT2D eigenvalue weighted by Crippen LogP contribution is -2.31. The zero-order chi connectivity index (χ0) is 26.0. The molecule has 1 aliphatic rings. The smallest absolute Gasteiger partial charge is 0.329 e. The fourth-order valence-corrected chi connectivity index (χ4v) is 4.07. The Kier molecular flexibility index (Phi) is 11.2. The van der Waals surface area contributed by atoms with Gasteiger partial charge in [-0.3, -0.25) is 18.9 Å². The van der Waals surface area contributed by atoms with Gasteiger partial charge in [-0.05, 0) is 51.6 Å². The third kappa shape index (κ3) is 8.06. The van der Waals surface area contributed by atoms with E-state index in [4.69, 9.17) is 0 Å². The van der Waals surface area contributed by atoms with Gasteiger partial charge in [0.15, 0.2) is 5.65 Å². The van der Waals surface area contributed by atoms with Gasteiger partial charge in [0.05, 0.1) is 5.52 Å². The van der Waals surface area contributed by atoms with Crippen LogP contribution in [0.1, 0.15) is 45.4 Å². The van der Waals surface area contributed by atoms with Crippen LogP contribution in [0.4, 0.5) is 5.82 Å². The van der Waals surface area contributed by atoms with Crippen molar-refractivity contribution < 1.29 is 4.79 Å². The van der Waals surface area contributed by atoms with Crippen molar-refractivity contribution >= 4 is 29.1 Å². The number of anilines is 1. The summed E-state index contributed by atoms with van der Waals surface area (Å²) in [6.07, 6.45) is 10.2. The number of likely N-dealkylation sites (N-methyl/N-ethyl adjacent to an activating group) is 2. The van der Waals surface area contributed by atoms with Crippen molar-refractivity contribution in [3.05, 3.63) is 34.4 Å². The topological polar surface area (TPSA) is 87.8 Å². The first-order valence-corrected chi connectivity index (χ1v) is 12.5. The number of nitrogens with one attached hydrogen (secondary N) is 1. The van der Waals surface area contributed by atoms with Gasteiger partial charge in [-0.1, -0.05) is 26.2 Å². The van der Waals surface area contributed by atoms with E-state index in [9.17, 15) is 9.59 Å². The van der Waals surface area contributed by atoms with Gasteiger partial charge in [-0.2, -0.15) is 0 Å². The van der Waals surface area contributed by atoms with Crippen molar-refractivity contribution in [1.29, 1.82) is 0 Å². The number of amides is 1. The Morgan fingerprint density at radius 1 is 1.14 bits per heavy atom. The summed E-state index contributed by atoms with van der Waals surface area (Å²) < 4.78 is 3.20. The molecule has 1 fully saturated rings. The van der Waals surface area contributed by atoms with Gasteiger partial charge in [0.25, 0.3) is 0 Å². The number of rotatable bonds is 8. The maximum Gasteiger partial charge on any atom is 0.329 e. The third-order valence-electron chi connectivity index (χ3n) is 6.43. The molecule has 3 rings (SSSR count). The van der Waals surface area contributed by atoms with Crippen molar-refractivity contribution in [2.45, 2.75) is 45.4 Å². The third-order valence-corrected chi connectivity index (χ3v) is 6.43. The fourth-order valence-electron chi connectivity index (χ4n) is 4.07. The molecule has 0 saturated heterocycles. The SMILES string of the molecule is CC/C(=C\C=NC)NC(=O)C1CCCCC1.CN(C)CCN(C)c1ccc2c(n1)n(C)c(=O)n2C. The number of imidazole rings is 1. The summed E-state index contributed by atoms with van der Waals surface area (Å²) >= 11 is 0. The lowest BCUT2D eigenvalue weighted by molar-refractivity contribution is -0.125. The summed E-state index contributed by atoms with van der Waals surface area (Å²) in [5.41, 5.74) is 2.50. The fraction of sp³-hybridized carbons (Fsp3) is 0.615. The second-order valence-electron chi connectivity index (χ2n) is 9.41. The molecule has 0 radical (unpaired) electrons. The van der Waals surface area contributed by atoms with Crippen LogP contribution < -0.4 is 15.9 Å². The molecule has 2 heterocycles. The first-order valence-electron chi connectivity index (χ1n) is 12.5. The Labute approximate surface area is 209 Å². The van der Waals surface area contributed by atoms with Crippen LogP contribution in [-0.2, 0) is 18.9 Å². The van der Waals surface area contributed by atoms with Crippen LogP contribution >= 0.6 is 0 Å². The second kappa shape index (κ2) is 13.8. The Morgan fingerprint density at radius 3 is 2.43 bits per heavy atom. The van der Waals surface area contributed by atoms with Crippen LogP contribution in [0, 0.1) is 5.92 Å². The van der Waals surface area contributed by atoms with Crippen molar-refractivity contribution in [3.8, 4) is 0 Å². The zero-order valence-electron chi connectivity index (χ0n) is 22.5. The molecule has 0 unspecified atom stereocenters. The molecule has 0 bridgehead atoms. The number of aromatic nitrogens is 3. The Hall–Kier alpha value is -2.94. The normalized spacial score (nSPS) is 14.9. The van der Waals surface area contributed by atoms with Crippen LogP contribution in [0.25, 0.3) is 11.2 Å². The number of carbonyl (C=O) groups excluding carboxylic acids is 1. The van der Waals surface area contributed by atoms with Gasteiger partial charge in [-0.25, -0.2) is 9.78 Å². The average molecular weight is 486 g/mol. The second-order valence-corrected chi connectivity index (χ2v) is 9.41. The van der Waals surface area contributed by atoms with E-state index in [2.05, 4.69) is 25.1 Å². The molecular formula is C26H43N7O2. The number of fused-ring (bicyclic) bond motifs is 1. The predicted octanol–water partition coefficient (Wildman–Crippen LogP) is 2.95. The molecule has 9 heteroatoms. The van der Waals surface area contributed by atoms with Crippen LogP contribution in [0.5, 0.6) is 0 Å². The number of aryl methyl sites for hydroxylation is 2. The van der Waals surface area contributed by atoms with Crippen molar-refractivity contribution in [2.24, 2.45) is 25.0 Å². The monoisotopic (exact) mass is 485 g/mol. The van der Waals surface area contributed by atoms with Crippen molar-refractivity contribution in [1.82, 2.24) is 24.3 Å². The minimum absolute atomic E-state index is 0.0457. The highest BCUT2D eigenvalue weighted by atomic mass is 16.2. The number of aliphatic imine (C=N–C) groups is 1. The quantitative estimate of drug-likeness (QED) is 0.581. The van der Waals surface area contributed by atoms with Gasteiger partial charge in [0.2, 0.25) is 5.91 Å². The van der Waals surface area contributed by atoms with Gasteiger partial charge in [0, 0.05) is 59.1 Å². The first kappa shape index (κ1) is 28.3. The maximum atomic E-state index is 11.9. The van der Waals surface area contributed by atoms with E-state index < -0.39 is 0 Å². The minimum Gasteiger partial charge on any atom is -0.358 e. The Balaban J connectivity index is 0.000000251. The number of pyridine rings is 1. The number of hydrogen-bond donors (Lipinski definition) is 1. The molecule has 0 aromatic carbocycles. The van der Waals surface area contributed by atoms with E-state index in [0.717, 1.165) is 55.0 Å². The lowest BCUT2D eigenvalue weighted by atomic mass is 9.88. The van der Waals surface area contributed by atoms with E-state index >= 15 is 0 Å². The first-order chi connectivity index (χ1) is 16.7. The lowest BCUT2D eigenvalue weighted by Gasteiger charge is -2.21. The van der Waals surface area contributed by atoms with Crippen LogP contribution in [0.15, 0.2) is 33.7 Å². The van der Waals surface area contributed by atoms with Crippen LogP contribution in [-0.4, -0.2) is 72.4 Å². The molecule has 2 aromatic rings. The van der Waals surface area contributed by atoms with Gasteiger partial charge in [-0.15, -0.1) is 0 Å². The molecule has 1 aliphatic carbocycles. The summed E-state index contributed by atoms with van der Waals surface area (Å²) in [6, 6.07) is 3.91. The largest absolute Gasteiger partial charge is 0.358 e. The van der Waals surface area contributed by atoms with Crippen LogP contribution in [0.2, 0.25) is 0 Å². The Bertz CT molecular complexity index is 1080. The molecule has 0 atom stereocenters. The van der Waals surface area contributed by atoms with Crippen LogP contribution in [0.3, 0.4) is 0 Å². The zero-order valence-corrected chi connectivity index (χ0v) is 22.5. The van der Waals surface area contributed by atoms with E-state index in [1.54, 1.807) is 36.5 Å².